The highest BCUT2D eigenvalue weighted by Crippen LogP contribution is 2.16. The monoisotopic (exact) mass is 295 g/mol. The SMILES string of the molecule is CCn1nccc1CNC(=O)c1cccc(OC(F)F)c1. The van der Waals surface area contributed by atoms with Gasteiger partial charge in [0.25, 0.3) is 5.91 Å². The van der Waals surface area contributed by atoms with E-state index >= 15 is 0 Å². The average Bonchev–Trinajstić information content (AvgIpc) is 2.91. The molecule has 1 aromatic carbocycles. The molecule has 1 heterocycles. The molecule has 0 saturated heterocycles. The number of carbonyl (C=O) groups is 1. The Labute approximate surface area is 120 Å². The summed E-state index contributed by atoms with van der Waals surface area (Å²) in [4.78, 5) is 12.0. The predicted molar refractivity (Wildman–Crippen MR) is 72.1 cm³/mol. The summed E-state index contributed by atoms with van der Waals surface area (Å²) in [5, 5.41) is 6.81. The zero-order valence-corrected chi connectivity index (χ0v) is 11.4. The molecule has 0 radical (unpaired) electrons. The van der Waals surface area contributed by atoms with Crippen LogP contribution in [0.4, 0.5) is 8.78 Å². The quantitative estimate of drug-likeness (QED) is 0.890. The summed E-state index contributed by atoms with van der Waals surface area (Å²) in [5.74, 6) is -0.408. The first-order chi connectivity index (χ1) is 10.1. The van der Waals surface area contributed by atoms with Gasteiger partial charge in [0.15, 0.2) is 0 Å². The molecule has 1 amide bonds. The van der Waals surface area contributed by atoms with E-state index < -0.39 is 6.61 Å². The number of ether oxygens (including phenoxy) is 1. The van der Waals surface area contributed by atoms with E-state index in [1.165, 1.54) is 24.3 Å². The van der Waals surface area contributed by atoms with Crippen LogP contribution in [0.5, 0.6) is 5.75 Å². The fourth-order valence-corrected chi connectivity index (χ4v) is 1.88. The van der Waals surface area contributed by atoms with Crippen molar-refractivity contribution in [3.63, 3.8) is 0 Å². The normalized spacial score (nSPS) is 10.7. The van der Waals surface area contributed by atoms with Gasteiger partial charge < -0.3 is 10.1 Å². The summed E-state index contributed by atoms with van der Waals surface area (Å²) in [7, 11) is 0. The number of halogens is 2. The molecule has 0 aliphatic heterocycles. The number of alkyl halides is 2. The van der Waals surface area contributed by atoms with Crippen molar-refractivity contribution in [1.29, 1.82) is 0 Å². The van der Waals surface area contributed by atoms with Crippen molar-refractivity contribution in [3.8, 4) is 5.75 Å². The number of rotatable bonds is 6. The molecular formula is C14H15F2N3O2. The molecule has 1 aromatic heterocycles. The lowest BCUT2D eigenvalue weighted by Gasteiger charge is -2.09. The molecule has 1 N–H and O–H groups in total. The number of nitrogens with one attached hydrogen (secondary N) is 1. The molecule has 7 heteroatoms. The van der Waals surface area contributed by atoms with Gasteiger partial charge in [-0.15, -0.1) is 0 Å². The molecule has 0 unspecified atom stereocenters. The molecule has 0 atom stereocenters. The van der Waals surface area contributed by atoms with E-state index in [0.717, 1.165) is 5.69 Å². The lowest BCUT2D eigenvalue weighted by molar-refractivity contribution is -0.0498. The first kappa shape index (κ1) is 15.0. The second-order valence-corrected chi connectivity index (χ2v) is 4.23. The lowest BCUT2D eigenvalue weighted by Crippen LogP contribution is -2.24. The Balaban J connectivity index is 2.00. The molecular weight excluding hydrogens is 280 g/mol. The number of carbonyl (C=O) groups excluding carboxylic acids is 1. The van der Waals surface area contributed by atoms with Gasteiger partial charge in [-0.25, -0.2) is 0 Å². The smallest absolute Gasteiger partial charge is 0.387 e. The van der Waals surface area contributed by atoms with Crippen molar-refractivity contribution >= 4 is 5.91 Å². The Morgan fingerprint density at radius 3 is 2.95 bits per heavy atom. The topological polar surface area (TPSA) is 56.2 Å². The Morgan fingerprint density at radius 1 is 1.43 bits per heavy atom. The third kappa shape index (κ3) is 4.01. The summed E-state index contributed by atoms with van der Waals surface area (Å²) in [6.07, 6.45) is 1.65. The van der Waals surface area contributed by atoms with E-state index in [2.05, 4.69) is 15.2 Å². The first-order valence-electron chi connectivity index (χ1n) is 6.44. The number of hydrogen-bond acceptors (Lipinski definition) is 3. The maximum absolute atomic E-state index is 12.1. The van der Waals surface area contributed by atoms with E-state index in [0.29, 0.717) is 13.1 Å². The van der Waals surface area contributed by atoms with E-state index in [1.54, 1.807) is 16.9 Å². The Hall–Kier alpha value is -2.44. The number of amides is 1. The van der Waals surface area contributed by atoms with Crippen molar-refractivity contribution < 1.29 is 18.3 Å². The highest BCUT2D eigenvalue weighted by molar-refractivity contribution is 5.94. The second-order valence-electron chi connectivity index (χ2n) is 4.23. The average molecular weight is 295 g/mol. The molecule has 2 rings (SSSR count). The molecule has 0 bridgehead atoms. The minimum Gasteiger partial charge on any atom is -0.435 e. The van der Waals surface area contributed by atoms with Crippen LogP contribution in [0, 0.1) is 0 Å². The van der Waals surface area contributed by atoms with E-state index in [1.807, 2.05) is 6.92 Å². The highest BCUT2D eigenvalue weighted by Gasteiger charge is 2.10. The molecule has 21 heavy (non-hydrogen) atoms. The first-order valence-corrected chi connectivity index (χ1v) is 6.44. The Bertz CT molecular complexity index is 614. The molecule has 0 aliphatic carbocycles. The van der Waals surface area contributed by atoms with Gasteiger partial charge in [-0.05, 0) is 31.2 Å². The van der Waals surface area contributed by atoms with E-state index in [9.17, 15) is 13.6 Å². The van der Waals surface area contributed by atoms with Gasteiger partial charge in [0.2, 0.25) is 0 Å². The van der Waals surface area contributed by atoms with Crippen LogP contribution >= 0.6 is 0 Å². The molecule has 0 spiro atoms. The molecule has 2 aromatic rings. The fourth-order valence-electron chi connectivity index (χ4n) is 1.88. The number of aromatic nitrogens is 2. The summed E-state index contributed by atoms with van der Waals surface area (Å²) in [6, 6.07) is 7.47. The van der Waals surface area contributed by atoms with Gasteiger partial charge in [-0.3, -0.25) is 9.48 Å². The number of aryl methyl sites for hydroxylation is 1. The van der Waals surface area contributed by atoms with Gasteiger partial charge >= 0.3 is 6.61 Å². The van der Waals surface area contributed by atoms with Crippen LogP contribution in [0.25, 0.3) is 0 Å². The summed E-state index contributed by atoms with van der Waals surface area (Å²) in [5.41, 5.74) is 1.13. The van der Waals surface area contributed by atoms with Crippen molar-refractivity contribution in [2.24, 2.45) is 0 Å². The Kier molecular flexibility index (Phi) is 4.86. The molecule has 0 fully saturated rings. The standard InChI is InChI=1S/C14H15F2N3O2/c1-2-19-11(6-7-18-19)9-17-13(20)10-4-3-5-12(8-10)21-14(15)16/h3-8,14H,2,9H2,1H3,(H,17,20). The van der Waals surface area contributed by atoms with Gasteiger partial charge in [-0.2, -0.15) is 13.9 Å². The zero-order valence-electron chi connectivity index (χ0n) is 11.4. The second kappa shape index (κ2) is 6.83. The maximum Gasteiger partial charge on any atom is 0.387 e. The van der Waals surface area contributed by atoms with E-state index in [4.69, 9.17) is 0 Å². The van der Waals surface area contributed by atoms with Crippen LogP contribution < -0.4 is 10.1 Å². The van der Waals surface area contributed by atoms with Gasteiger partial charge in [0, 0.05) is 18.3 Å². The predicted octanol–water partition coefficient (Wildman–Crippen LogP) is 2.43. The zero-order chi connectivity index (χ0) is 15.2. The van der Waals surface area contributed by atoms with Crippen LogP contribution in [0.3, 0.4) is 0 Å². The Morgan fingerprint density at radius 2 is 2.24 bits per heavy atom. The van der Waals surface area contributed by atoms with Crippen LogP contribution in [0.1, 0.15) is 23.0 Å². The molecule has 0 saturated carbocycles. The van der Waals surface area contributed by atoms with Crippen molar-refractivity contribution in [1.82, 2.24) is 15.1 Å². The van der Waals surface area contributed by atoms with Crippen LogP contribution in [0.15, 0.2) is 36.5 Å². The third-order valence-electron chi connectivity index (χ3n) is 2.86. The van der Waals surface area contributed by atoms with Gasteiger partial charge in [-0.1, -0.05) is 6.07 Å². The fraction of sp³-hybridized carbons (Fsp3) is 0.286. The molecule has 0 aliphatic rings. The number of benzene rings is 1. The summed E-state index contributed by atoms with van der Waals surface area (Å²) in [6.45, 7) is 0.0497. The van der Waals surface area contributed by atoms with Crippen LogP contribution in [-0.2, 0) is 13.1 Å². The minimum atomic E-state index is -2.91. The van der Waals surface area contributed by atoms with E-state index in [-0.39, 0.29) is 17.2 Å². The van der Waals surface area contributed by atoms with Crippen LogP contribution in [-0.4, -0.2) is 22.3 Å². The summed E-state index contributed by atoms with van der Waals surface area (Å²) >= 11 is 0. The van der Waals surface area contributed by atoms with Crippen molar-refractivity contribution in [2.45, 2.75) is 26.6 Å². The molecule has 5 nitrogen and oxygen atoms in total. The minimum absolute atomic E-state index is 0.0451. The van der Waals surface area contributed by atoms with Crippen molar-refractivity contribution in [2.75, 3.05) is 0 Å². The number of hydrogen-bond donors (Lipinski definition) is 1. The lowest BCUT2D eigenvalue weighted by atomic mass is 10.2. The summed E-state index contributed by atoms with van der Waals surface area (Å²) < 4.78 is 30.3. The van der Waals surface area contributed by atoms with Crippen molar-refractivity contribution in [3.05, 3.63) is 47.8 Å². The third-order valence-corrected chi connectivity index (χ3v) is 2.86. The van der Waals surface area contributed by atoms with Crippen LogP contribution in [0.2, 0.25) is 0 Å². The number of nitrogens with zero attached hydrogens (tertiary/aromatic N) is 2. The van der Waals surface area contributed by atoms with Gasteiger partial charge in [0.05, 0.1) is 12.2 Å². The maximum atomic E-state index is 12.1. The van der Waals surface area contributed by atoms with Gasteiger partial charge in [0.1, 0.15) is 5.75 Å². The largest absolute Gasteiger partial charge is 0.435 e. The molecule has 112 valence electrons. The highest BCUT2D eigenvalue weighted by atomic mass is 19.3.